The number of amides is 1. The molecule has 0 radical (unpaired) electrons. The van der Waals surface area contributed by atoms with Gasteiger partial charge in [-0.05, 0) is 36.2 Å². The molecule has 1 amide bonds. The Morgan fingerprint density at radius 2 is 2.20 bits per heavy atom. The highest BCUT2D eigenvalue weighted by Gasteiger charge is 2.18. The number of hydrazine groups is 1. The first-order valence-electron chi connectivity index (χ1n) is 6.24. The molecule has 0 spiro atoms. The zero-order chi connectivity index (χ0) is 14.5. The number of carbonyl (C=O) groups is 1. The molecule has 1 heterocycles. The summed E-state index contributed by atoms with van der Waals surface area (Å²) >= 11 is 1.30. The number of nitrogens with one attached hydrogen (secondary N) is 3. The molecule has 1 aromatic carbocycles. The Morgan fingerprint density at radius 1 is 1.50 bits per heavy atom. The highest BCUT2D eigenvalue weighted by Crippen LogP contribution is 2.18. The van der Waals surface area contributed by atoms with Gasteiger partial charge in [0.05, 0.1) is 0 Å². The molecule has 1 unspecified atom stereocenters. The minimum absolute atomic E-state index is 0.0127. The average molecular weight is 294 g/mol. The molecule has 108 valence electrons. The maximum atomic E-state index is 11.2. The molecule has 2 rings (SSSR count). The summed E-state index contributed by atoms with van der Waals surface area (Å²) in [4.78, 5) is 16.3. The molecule has 0 aromatic heterocycles. The summed E-state index contributed by atoms with van der Waals surface area (Å²) in [5.74, 6) is 0.624. The van der Waals surface area contributed by atoms with Gasteiger partial charge >= 0.3 is 0 Å². The Kier molecular flexibility index (Phi) is 4.83. The highest BCUT2D eigenvalue weighted by atomic mass is 32.2. The number of hydrogen-bond acceptors (Lipinski definition) is 7. The Morgan fingerprint density at radius 3 is 2.75 bits per heavy atom. The molecule has 7 nitrogen and oxygen atoms in total. The van der Waals surface area contributed by atoms with Crippen LogP contribution in [0.2, 0.25) is 0 Å². The third-order valence-corrected chi connectivity index (χ3v) is 3.50. The van der Waals surface area contributed by atoms with Gasteiger partial charge in [-0.3, -0.25) is 20.7 Å². The van der Waals surface area contributed by atoms with Crippen LogP contribution in [-0.2, 0) is 4.79 Å². The predicted molar refractivity (Wildman–Crippen MR) is 80.7 cm³/mol. The maximum Gasteiger partial charge on any atom is 0.229 e. The fraction of sp³-hybridized carbons (Fsp3) is 0.333. The molecule has 0 bridgehead atoms. The first-order chi connectivity index (χ1) is 9.58. The van der Waals surface area contributed by atoms with Gasteiger partial charge in [-0.2, -0.15) is 5.01 Å². The summed E-state index contributed by atoms with van der Waals surface area (Å²) in [6, 6.07) is 7.66. The second-order valence-electron chi connectivity index (χ2n) is 4.24. The number of benzene rings is 1. The minimum atomic E-state index is -0.378. The van der Waals surface area contributed by atoms with E-state index in [4.69, 9.17) is 5.73 Å². The van der Waals surface area contributed by atoms with E-state index in [0.717, 1.165) is 10.6 Å². The molecule has 1 aromatic rings. The molecule has 8 heteroatoms. The largest absolute Gasteiger partial charge is 0.325 e. The summed E-state index contributed by atoms with van der Waals surface area (Å²) in [6.45, 7) is 1.82. The van der Waals surface area contributed by atoms with Gasteiger partial charge in [-0.1, -0.05) is 6.92 Å². The van der Waals surface area contributed by atoms with Crippen LogP contribution in [-0.4, -0.2) is 30.2 Å². The second-order valence-corrected chi connectivity index (χ2v) is 5.12. The third kappa shape index (κ3) is 3.86. The van der Waals surface area contributed by atoms with E-state index in [1.165, 1.54) is 11.9 Å². The van der Waals surface area contributed by atoms with Crippen LogP contribution < -0.4 is 21.2 Å². The molecule has 20 heavy (non-hydrogen) atoms. The van der Waals surface area contributed by atoms with Crippen LogP contribution in [0.4, 0.5) is 5.69 Å². The van der Waals surface area contributed by atoms with Crippen molar-refractivity contribution < 1.29 is 4.79 Å². The van der Waals surface area contributed by atoms with Gasteiger partial charge in [-0.25, -0.2) is 4.99 Å². The SMILES string of the molecule is CCC(=O)NSc1ccc(NC2=NC(N)N(C)N2)cc1. The van der Waals surface area contributed by atoms with Gasteiger partial charge in [0, 0.05) is 24.1 Å². The van der Waals surface area contributed by atoms with Gasteiger partial charge in [0.2, 0.25) is 11.9 Å². The molecular formula is C12H18N6OS. The topological polar surface area (TPSA) is 94.8 Å². The van der Waals surface area contributed by atoms with Crippen LogP contribution in [0.25, 0.3) is 0 Å². The Bertz CT molecular complexity index is 503. The van der Waals surface area contributed by atoms with Crippen LogP contribution in [0.3, 0.4) is 0 Å². The quantitative estimate of drug-likeness (QED) is 0.610. The van der Waals surface area contributed by atoms with E-state index in [9.17, 15) is 4.79 Å². The van der Waals surface area contributed by atoms with E-state index in [-0.39, 0.29) is 12.2 Å². The zero-order valence-electron chi connectivity index (χ0n) is 11.4. The Hall–Kier alpha value is -1.77. The normalized spacial score (nSPS) is 18.4. The monoisotopic (exact) mass is 294 g/mol. The maximum absolute atomic E-state index is 11.2. The van der Waals surface area contributed by atoms with Crippen molar-refractivity contribution in [3.63, 3.8) is 0 Å². The van der Waals surface area contributed by atoms with Crippen molar-refractivity contribution in [3.05, 3.63) is 24.3 Å². The average Bonchev–Trinajstić information content (AvgIpc) is 2.76. The minimum Gasteiger partial charge on any atom is -0.325 e. The van der Waals surface area contributed by atoms with E-state index in [1.54, 1.807) is 5.01 Å². The number of guanidine groups is 1. The summed E-state index contributed by atoms with van der Waals surface area (Å²) in [5, 5.41) is 4.83. The Balaban J connectivity index is 1.89. The lowest BCUT2D eigenvalue weighted by Gasteiger charge is -2.13. The van der Waals surface area contributed by atoms with E-state index in [2.05, 4.69) is 20.5 Å². The predicted octanol–water partition coefficient (Wildman–Crippen LogP) is 0.680. The second kappa shape index (κ2) is 6.60. The number of anilines is 1. The smallest absolute Gasteiger partial charge is 0.229 e. The van der Waals surface area contributed by atoms with Gasteiger partial charge < -0.3 is 5.32 Å². The molecule has 0 saturated carbocycles. The molecule has 0 fully saturated rings. The molecule has 0 saturated heterocycles. The van der Waals surface area contributed by atoms with Gasteiger partial charge in [-0.15, -0.1) is 0 Å². The lowest BCUT2D eigenvalue weighted by molar-refractivity contribution is -0.118. The lowest BCUT2D eigenvalue weighted by atomic mass is 10.3. The zero-order valence-corrected chi connectivity index (χ0v) is 12.2. The van der Waals surface area contributed by atoms with E-state index < -0.39 is 0 Å². The van der Waals surface area contributed by atoms with Crippen molar-refractivity contribution in [2.24, 2.45) is 10.7 Å². The lowest BCUT2D eigenvalue weighted by Crippen LogP contribution is -2.42. The van der Waals surface area contributed by atoms with Gasteiger partial charge in [0.25, 0.3) is 0 Å². The van der Waals surface area contributed by atoms with Gasteiger partial charge in [0.1, 0.15) is 0 Å². The van der Waals surface area contributed by atoms with Crippen LogP contribution in [0.5, 0.6) is 0 Å². The van der Waals surface area contributed by atoms with Crippen LogP contribution in [0, 0.1) is 0 Å². The van der Waals surface area contributed by atoms with E-state index in [1.807, 2.05) is 38.2 Å². The highest BCUT2D eigenvalue weighted by molar-refractivity contribution is 7.98. The number of hydrogen-bond donors (Lipinski definition) is 4. The van der Waals surface area contributed by atoms with Crippen molar-refractivity contribution >= 4 is 29.5 Å². The Labute approximate surface area is 122 Å². The van der Waals surface area contributed by atoms with E-state index in [0.29, 0.717) is 12.4 Å². The number of rotatable bonds is 4. The molecule has 1 aliphatic heterocycles. The van der Waals surface area contributed by atoms with Crippen molar-refractivity contribution in [2.75, 3.05) is 12.4 Å². The summed E-state index contributed by atoms with van der Waals surface area (Å²) in [5.41, 5.74) is 9.61. The van der Waals surface area contributed by atoms with Crippen molar-refractivity contribution in [3.8, 4) is 0 Å². The third-order valence-electron chi connectivity index (χ3n) is 2.66. The molecule has 5 N–H and O–H groups in total. The van der Waals surface area contributed by atoms with Crippen molar-refractivity contribution in [2.45, 2.75) is 24.5 Å². The number of nitrogens with zero attached hydrogens (tertiary/aromatic N) is 2. The summed E-state index contributed by atoms with van der Waals surface area (Å²) in [6.07, 6.45) is 0.0999. The summed E-state index contributed by atoms with van der Waals surface area (Å²) < 4.78 is 2.75. The van der Waals surface area contributed by atoms with Gasteiger partial charge in [0.15, 0.2) is 6.29 Å². The molecule has 0 aliphatic carbocycles. The fourth-order valence-electron chi connectivity index (χ4n) is 1.47. The standard InChI is InChI=1S/C12H18N6OS/c1-3-10(19)17-20-9-6-4-8(5-7-9)14-12-15-11(13)18(2)16-12/h4-7,11H,3,13H2,1-2H3,(H,17,19)(H2,14,15,16). The number of nitrogens with two attached hydrogens (primary N) is 1. The van der Waals surface area contributed by atoms with Crippen LogP contribution in [0.15, 0.2) is 34.2 Å². The van der Waals surface area contributed by atoms with E-state index >= 15 is 0 Å². The summed E-state index contributed by atoms with van der Waals surface area (Å²) in [7, 11) is 1.82. The van der Waals surface area contributed by atoms with Crippen LogP contribution in [0.1, 0.15) is 13.3 Å². The molecule has 1 aliphatic rings. The van der Waals surface area contributed by atoms with Crippen LogP contribution >= 0.6 is 11.9 Å². The first-order valence-corrected chi connectivity index (χ1v) is 7.06. The molecular weight excluding hydrogens is 276 g/mol. The van der Waals surface area contributed by atoms with Crippen molar-refractivity contribution in [1.82, 2.24) is 15.2 Å². The number of carbonyl (C=O) groups excluding carboxylic acids is 1. The molecule has 1 atom stereocenters. The first kappa shape index (κ1) is 14.6. The fourth-order valence-corrected chi connectivity index (χ4v) is 2.12. The van der Waals surface area contributed by atoms with Crippen molar-refractivity contribution in [1.29, 1.82) is 0 Å². The number of aliphatic imine (C=N–C) groups is 1.